The quantitative estimate of drug-likeness (QED) is 0.0853. The van der Waals surface area contributed by atoms with Crippen molar-refractivity contribution in [1.29, 1.82) is 0 Å². The monoisotopic (exact) mass is 768 g/mol. The number of nitrogens with zero attached hydrogens (tertiary/aromatic N) is 1. The van der Waals surface area contributed by atoms with Crippen LogP contribution in [0.4, 0.5) is 5.69 Å². The molecule has 0 aromatic heterocycles. The molecule has 4 aliphatic heterocycles. The first-order valence-electron chi connectivity index (χ1n) is 19.1. The van der Waals surface area contributed by atoms with Gasteiger partial charge in [-0.2, -0.15) is 0 Å². The minimum atomic E-state index is -1.00. The van der Waals surface area contributed by atoms with E-state index in [-0.39, 0.29) is 36.8 Å². The van der Waals surface area contributed by atoms with Crippen LogP contribution in [0, 0.1) is 11.8 Å². The van der Waals surface area contributed by atoms with E-state index >= 15 is 0 Å². The second kappa shape index (κ2) is 16.3. The maximum absolute atomic E-state index is 12.1. The molecule has 8 rings (SSSR count). The third-order valence-electron chi connectivity index (χ3n) is 12.3. The molecule has 12 heteroatoms. The maximum atomic E-state index is 12.1. The molecule has 3 aromatic carbocycles. The number of hydrogen-bond donors (Lipinski definition) is 5. The zero-order valence-corrected chi connectivity index (χ0v) is 31.9. The largest absolute Gasteiger partial charge is 0.508 e. The highest BCUT2D eigenvalue weighted by atomic mass is 35.5. The Morgan fingerprint density at radius 1 is 1.06 bits per heavy atom. The highest BCUT2D eigenvalue weighted by Gasteiger charge is 2.53. The standard InChI is InChI=1S/C41H51Cl2N3O7/c1-26-38(53-25-41(50,30-10-5-6-11-30)29-8-3-2-4-9-29)28-12-15-46(26,16-13-28)14-7-17-51-40-33(42)18-27(19-34(40)43)22-44-23-36(48)32-20-31(47)21-35-39(32)52-24-37(49)45-35/h2-4,8-9,18-21,26,28,30,36,38,44,48,50H,5-7,10-17,22-25H2,1H3,(H-,45,47,49)/p+1/t26-,28?,36-,38-,41?,46?/m0/s1. The van der Waals surface area contributed by atoms with Crippen LogP contribution in [0.1, 0.15) is 74.7 Å². The SMILES string of the molecule is C[C@H]1[C@H](OCC(O)(c2ccccc2)C2CCCC2)C2CC[N+]1(CCCOc1c(Cl)cc(CNC[C@H](O)c3cc(O)cc4c3OCC(=O)N4)cc1Cl)CC2. The summed E-state index contributed by atoms with van der Waals surface area (Å²) < 4.78 is 19.5. The average Bonchev–Trinajstić information content (AvgIpc) is 3.70. The van der Waals surface area contributed by atoms with Crippen molar-refractivity contribution in [2.24, 2.45) is 11.8 Å². The fourth-order valence-electron chi connectivity index (χ4n) is 9.37. The Balaban J connectivity index is 0.909. The van der Waals surface area contributed by atoms with Gasteiger partial charge in [0.1, 0.15) is 29.2 Å². The Labute approximate surface area is 321 Å². The first kappa shape index (κ1) is 38.2. The number of nitrogens with one attached hydrogen (secondary N) is 2. The number of phenolic OH excluding ortho intramolecular Hbond substituents is 1. The number of halogens is 2. The number of ether oxygens (including phenoxy) is 3. The number of carbonyl (C=O) groups is 1. The molecule has 1 amide bonds. The van der Waals surface area contributed by atoms with E-state index in [1.54, 1.807) is 12.1 Å². The van der Waals surface area contributed by atoms with Crippen molar-refractivity contribution in [3.05, 3.63) is 81.3 Å². The van der Waals surface area contributed by atoms with Gasteiger partial charge in [0.05, 0.1) is 54.7 Å². The minimum Gasteiger partial charge on any atom is -0.508 e. The highest BCUT2D eigenvalue weighted by Crippen LogP contribution is 2.45. The second-order valence-corrected chi connectivity index (χ2v) is 16.3. The second-order valence-electron chi connectivity index (χ2n) is 15.5. The molecule has 10 nitrogen and oxygen atoms in total. The fraction of sp³-hybridized carbons (Fsp3) is 0.537. The average molecular weight is 770 g/mol. The van der Waals surface area contributed by atoms with Crippen LogP contribution in [0.15, 0.2) is 54.6 Å². The van der Waals surface area contributed by atoms with Gasteiger partial charge in [0.15, 0.2) is 12.4 Å². The van der Waals surface area contributed by atoms with Crippen LogP contribution in [-0.2, 0) is 21.7 Å². The molecule has 0 spiro atoms. The third-order valence-corrected chi connectivity index (χ3v) is 12.9. The Bertz CT molecular complexity index is 1730. The van der Waals surface area contributed by atoms with Gasteiger partial charge in [-0.3, -0.25) is 4.79 Å². The summed E-state index contributed by atoms with van der Waals surface area (Å²) in [6, 6.07) is 16.9. The molecule has 1 saturated carbocycles. The molecule has 286 valence electrons. The normalized spacial score (nSPS) is 25.7. The van der Waals surface area contributed by atoms with Crippen molar-refractivity contribution >= 4 is 34.8 Å². The molecule has 53 heavy (non-hydrogen) atoms. The van der Waals surface area contributed by atoms with E-state index in [0.29, 0.717) is 64.5 Å². The van der Waals surface area contributed by atoms with E-state index < -0.39 is 11.7 Å². The number of fused-ring (bicyclic) bond motifs is 4. The summed E-state index contributed by atoms with van der Waals surface area (Å²) in [5.74, 6) is 1.14. The lowest BCUT2D eigenvalue weighted by Crippen LogP contribution is -2.69. The molecular weight excluding hydrogens is 717 g/mol. The van der Waals surface area contributed by atoms with Crippen molar-refractivity contribution in [3.63, 3.8) is 0 Å². The molecular formula is C41H52Cl2N3O7+. The van der Waals surface area contributed by atoms with Crippen LogP contribution in [0.25, 0.3) is 0 Å². The summed E-state index contributed by atoms with van der Waals surface area (Å²) in [6.45, 7) is 6.76. The zero-order chi connectivity index (χ0) is 37.2. The van der Waals surface area contributed by atoms with Crippen LogP contribution in [0.2, 0.25) is 10.0 Å². The van der Waals surface area contributed by atoms with E-state index in [4.69, 9.17) is 37.4 Å². The molecule has 2 bridgehead atoms. The van der Waals surface area contributed by atoms with Gasteiger partial charge in [0.25, 0.3) is 5.91 Å². The van der Waals surface area contributed by atoms with Crippen LogP contribution in [0.3, 0.4) is 0 Å². The third kappa shape index (κ3) is 8.15. The summed E-state index contributed by atoms with van der Waals surface area (Å²) in [5, 5.41) is 39.8. The first-order chi connectivity index (χ1) is 25.6. The number of aliphatic hydroxyl groups excluding tert-OH is 1. The number of aromatic hydroxyl groups is 1. The van der Waals surface area contributed by atoms with Crippen molar-refractivity contribution in [2.75, 3.05) is 51.3 Å². The fourth-order valence-corrected chi connectivity index (χ4v) is 10.0. The number of hydrogen-bond acceptors (Lipinski definition) is 8. The van der Waals surface area contributed by atoms with Crippen molar-refractivity contribution in [3.8, 4) is 17.2 Å². The van der Waals surface area contributed by atoms with E-state index in [1.165, 1.54) is 12.1 Å². The minimum absolute atomic E-state index is 0.0855. The summed E-state index contributed by atoms with van der Waals surface area (Å²) >= 11 is 13.3. The first-order valence-corrected chi connectivity index (χ1v) is 19.9. The summed E-state index contributed by atoms with van der Waals surface area (Å²) in [7, 11) is 0. The van der Waals surface area contributed by atoms with Gasteiger partial charge in [-0.05, 0) is 55.0 Å². The molecule has 1 unspecified atom stereocenters. The number of benzene rings is 3. The maximum Gasteiger partial charge on any atom is 0.262 e. The van der Waals surface area contributed by atoms with Gasteiger partial charge in [0, 0.05) is 49.9 Å². The molecule has 5 aliphatic rings. The van der Waals surface area contributed by atoms with Gasteiger partial charge in [-0.1, -0.05) is 66.4 Å². The van der Waals surface area contributed by atoms with Crippen molar-refractivity contribution in [2.45, 2.75) is 82.3 Å². The molecule has 4 heterocycles. The Hall–Kier alpha value is -3.09. The van der Waals surface area contributed by atoms with Crippen molar-refractivity contribution < 1.29 is 38.8 Å². The van der Waals surface area contributed by atoms with Crippen LogP contribution in [0.5, 0.6) is 17.2 Å². The Morgan fingerprint density at radius 2 is 1.77 bits per heavy atom. The zero-order valence-electron chi connectivity index (χ0n) is 30.4. The lowest BCUT2D eigenvalue weighted by atomic mass is 9.77. The van der Waals surface area contributed by atoms with Crippen LogP contribution < -0.4 is 20.1 Å². The molecule has 0 radical (unpaired) electrons. The number of phenols is 1. The number of anilines is 1. The summed E-state index contributed by atoms with van der Waals surface area (Å²) in [5.41, 5.74) is 1.53. The van der Waals surface area contributed by atoms with Gasteiger partial charge in [-0.15, -0.1) is 0 Å². The topological polar surface area (TPSA) is 130 Å². The molecule has 1 aliphatic carbocycles. The molecule has 5 N–H and O–H groups in total. The number of amides is 1. The summed E-state index contributed by atoms with van der Waals surface area (Å²) in [6.07, 6.45) is 6.63. The van der Waals surface area contributed by atoms with E-state index in [9.17, 15) is 20.1 Å². The van der Waals surface area contributed by atoms with Crippen molar-refractivity contribution in [1.82, 2.24) is 5.32 Å². The van der Waals surface area contributed by atoms with E-state index in [1.807, 2.05) is 18.2 Å². The number of carbonyl (C=O) groups excluding carboxylic acids is 1. The predicted octanol–water partition coefficient (Wildman–Crippen LogP) is 6.71. The Kier molecular flexibility index (Phi) is 11.8. The molecule has 4 fully saturated rings. The van der Waals surface area contributed by atoms with Gasteiger partial charge in [-0.25, -0.2) is 0 Å². The molecule has 3 saturated heterocycles. The van der Waals surface area contributed by atoms with Gasteiger partial charge >= 0.3 is 0 Å². The van der Waals surface area contributed by atoms with Crippen LogP contribution >= 0.6 is 23.2 Å². The van der Waals surface area contributed by atoms with Crippen LogP contribution in [-0.4, -0.2) is 83.9 Å². The van der Waals surface area contributed by atoms with E-state index in [0.717, 1.165) is 80.2 Å². The van der Waals surface area contributed by atoms with Gasteiger partial charge < -0.3 is 44.6 Å². The molecule has 3 aromatic rings. The lowest BCUT2D eigenvalue weighted by molar-refractivity contribution is -0.968. The number of piperidine rings is 3. The lowest BCUT2D eigenvalue weighted by Gasteiger charge is -2.57. The highest BCUT2D eigenvalue weighted by molar-refractivity contribution is 6.37. The smallest absolute Gasteiger partial charge is 0.262 e. The van der Waals surface area contributed by atoms with E-state index in [2.05, 4.69) is 29.7 Å². The molecule has 4 atom stereocenters. The number of rotatable bonds is 15. The van der Waals surface area contributed by atoms with Gasteiger partial charge in [0.2, 0.25) is 0 Å². The number of quaternary nitrogens is 1. The predicted molar refractivity (Wildman–Crippen MR) is 205 cm³/mol. The summed E-state index contributed by atoms with van der Waals surface area (Å²) in [4.78, 5) is 11.7. The Morgan fingerprint density at radius 3 is 2.49 bits per heavy atom. The number of aliphatic hydroxyl groups is 2.